The SMILES string of the molecule is CN=C(NCc1ccc(C)cc1SC)NCc1nncn1-c1ccccc1. The van der Waals surface area contributed by atoms with E-state index in [1.165, 1.54) is 16.0 Å². The van der Waals surface area contributed by atoms with Crippen LogP contribution in [0, 0.1) is 6.92 Å². The molecule has 0 aliphatic rings. The topological polar surface area (TPSA) is 67.1 Å². The molecule has 0 saturated carbocycles. The van der Waals surface area contributed by atoms with Gasteiger partial charge < -0.3 is 10.6 Å². The number of thioether (sulfide) groups is 1. The van der Waals surface area contributed by atoms with Gasteiger partial charge in [-0.15, -0.1) is 22.0 Å². The van der Waals surface area contributed by atoms with E-state index < -0.39 is 0 Å². The summed E-state index contributed by atoms with van der Waals surface area (Å²) >= 11 is 1.76. The van der Waals surface area contributed by atoms with Crippen LogP contribution in [0.25, 0.3) is 5.69 Å². The molecular formula is C20H24N6S. The average molecular weight is 381 g/mol. The summed E-state index contributed by atoms with van der Waals surface area (Å²) in [6.07, 6.45) is 3.82. The third-order valence-electron chi connectivity index (χ3n) is 4.18. The van der Waals surface area contributed by atoms with E-state index in [0.29, 0.717) is 13.1 Å². The number of aliphatic imine (C=N–C) groups is 1. The number of guanidine groups is 1. The molecule has 0 amide bonds. The zero-order chi connectivity index (χ0) is 19.1. The van der Waals surface area contributed by atoms with Crippen molar-refractivity contribution in [1.82, 2.24) is 25.4 Å². The molecule has 6 nitrogen and oxygen atoms in total. The van der Waals surface area contributed by atoms with E-state index in [9.17, 15) is 0 Å². The largest absolute Gasteiger partial charge is 0.352 e. The van der Waals surface area contributed by atoms with Crippen LogP contribution in [0.15, 0.2) is 64.7 Å². The predicted molar refractivity (Wildman–Crippen MR) is 111 cm³/mol. The molecule has 7 heteroatoms. The fourth-order valence-electron chi connectivity index (χ4n) is 2.74. The average Bonchev–Trinajstić information content (AvgIpc) is 3.18. The maximum absolute atomic E-state index is 4.31. The molecule has 0 bridgehead atoms. The quantitative estimate of drug-likeness (QED) is 0.391. The smallest absolute Gasteiger partial charge is 0.191 e. The first-order valence-electron chi connectivity index (χ1n) is 8.73. The van der Waals surface area contributed by atoms with Crippen LogP contribution < -0.4 is 10.6 Å². The Hall–Kier alpha value is -2.80. The Balaban J connectivity index is 1.62. The van der Waals surface area contributed by atoms with E-state index in [4.69, 9.17) is 0 Å². The van der Waals surface area contributed by atoms with Gasteiger partial charge in [0.1, 0.15) is 6.33 Å². The fourth-order valence-corrected chi connectivity index (χ4v) is 3.45. The lowest BCUT2D eigenvalue weighted by Crippen LogP contribution is -2.37. The Kier molecular flexibility index (Phi) is 6.49. The van der Waals surface area contributed by atoms with Crippen molar-refractivity contribution in [1.29, 1.82) is 0 Å². The molecule has 0 atom stereocenters. The van der Waals surface area contributed by atoms with Crippen molar-refractivity contribution in [2.45, 2.75) is 24.9 Å². The minimum atomic E-state index is 0.526. The van der Waals surface area contributed by atoms with Crippen LogP contribution in [0.5, 0.6) is 0 Å². The second kappa shape index (κ2) is 9.23. The highest BCUT2D eigenvalue weighted by Crippen LogP contribution is 2.21. The number of nitrogens with one attached hydrogen (secondary N) is 2. The van der Waals surface area contributed by atoms with Crippen LogP contribution in [0.3, 0.4) is 0 Å². The Morgan fingerprint density at radius 3 is 2.63 bits per heavy atom. The van der Waals surface area contributed by atoms with E-state index in [2.05, 4.69) is 57.2 Å². The summed E-state index contributed by atoms with van der Waals surface area (Å²) in [5.74, 6) is 1.55. The first-order valence-corrected chi connectivity index (χ1v) is 9.96. The molecular weight excluding hydrogens is 356 g/mol. The predicted octanol–water partition coefficient (Wildman–Crippen LogP) is 3.16. The van der Waals surface area contributed by atoms with Crippen LogP contribution in [0.1, 0.15) is 17.0 Å². The number of nitrogens with zero attached hydrogens (tertiary/aromatic N) is 4. The first-order chi connectivity index (χ1) is 13.2. The molecule has 0 fully saturated rings. The van der Waals surface area contributed by atoms with Gasteiger partial charge in [-0.25, -0.2) is 0 Å². The molecule has 0 aliphatic carbocycles. The normalized spacial score (nSPS) is 11.4. The van der Waals surface area contributed by atoms with E-state index in [1.807, 2.05) is 34.9 Å². The third kappa shape index (κ3) is 4.89. The van der Waals surface area contributed by atoms with Crippen molar-refractivity contribution >= 4 is 17.7 Å². The molecule has 2 aromatic carbocycles. The molecule has 0 saturated heterocycles. The van der Waals surface area contributed by atoms with Crippen LogP contribution in [0.4, 0.5) is 0 Å². The van der Waals surface area contributed by atoms with Crippen molar-refractivity contribution in [3.63, 3.8) is 0 Å². The third-order valence-corrected chi connectivity index (χ3v) is 5.00. The van der Waals surface area contributed by atoms with Crippen LogP contribution in [-0.4, -0.2) is 34.0 Å². The standard InChI is InChI=1S/C20H24N6S/c1-15-9-10-16(18(11-15)27-3)12-22-20(21-2)23-13-19-25-24-14-26(19)17-7-5-4-6-8-17/h4-11,14H,12-13H2,1-3H3,(H2,21,22,23). The second-order valence-electron chi connectivity index (χ2n) is 6.05. The molecule has 0 spiro atoms. The lowest BCUT2D eigenvalue weighted by Gasteiger charge is -2.14. The number of rotatable bonds is 6. The molecule has 140 valence electrons. The molecule has 1 aromatic heterocycles. The molecule has 1 heterocycles. The lowest BCUT2D eigenvalue weighted by molar-refractivity contribution is 0.751. The number of aryl methyl sites for hydroxylation is 1. The van der Waals surface area contributed by atoms with Crippen molar-refractivity contribution in [3.05, 3.63) is 71.8 Å². The van der Waals surface area contributed by atoms with Gasteiger partial charge in [-0.05, 0) is 42.5 Å². The Morgan fingerprint density at radius 2 is 1.89 bits per heavy atom. The fraction of sp³-hybridized carbons (Fsp3) is 0.250. The zero-order valence-electron chi connectivity index (χ0n) is 15.8. The molecule has 3 rings (SSSR count). The summed E-state index contributed by atoms with van der Waals surface area (Å²) < 4.78 is 1.96. The summed E-state index contributed by atoms with van der Waals surface area (Å²) in [5, 5.41) is 14.9. The van der Waals surface area contributed by atoms with Gasteiger partial charge in [0.2, 0.25) is 0 Å². The van der Waals surface area contributed by atoms with Crippen LogP contribution in [-0.2, 0) is 13.1 Å². The molecule has 0 radical (unpaired) electrons. The van der Waals surface area contributed by atoms with Gasteiger partial charge in [0, 0.05) is 24.2 Å². The van der Waals surface area contributed by atoms with Gasteiger partial charge >= 0.3 is 0 Å². The molecule has 0 aliphatic heterocycles. The van der Waals surface area contributed by atoms with Crippen LogP contribution >= 0.6 is 11.8 Å². The minimum Gasteiger partial charge on any atom is -0.352 e. The monoisotopic (exact) mass is 380 g/mol. The summed E-state index contributed by atoms with van der Waals surface area (Å²) in [4.78, 5) is 5.59. The number of benzene rings is 2. The van der Waals surface area contributed by atoms with Crippen molar-refractivity contribution in [3.8, 4) is 5.69 Å². The first kappa shape index (κ1) is 19.0. The van der Waals surface area contributed by atoms with E-state index >= 15 is 0 Å². The van der Waals surface area contributed by atoms with E-state index in [-0.39, 0.29) is 0 Å². The lowest BCUT2D eigenvalue weighted by atomic mass is 10.1. The maximum atomic E-state index is 4.31. The number of hydrogen-bond acceptors (Lipinski definition) is 4. The van der Waals surface area contributed by atoms with Gasteiger partial charge in [-0.3, -0.25) is 9.56 Å². The minimum absolute atomic E-state index is 0.526. The molecule has 3 aromatic rings. The Labute approximate surface area is 164 Å². The van der Waals surface area contributed by atoms with Gasteiger partial charge in [-0.2, -0.15) is 0 Å². The maximum Gasteiger partial charge on any atom is 0.191 e. The highest BCUT2D eigenvalue weighted by molar-refractivity contribution is 7.98. The zero-order valence-corrected chi connectivity index (χ0v) is 16.6. The summed E-state index contributed by atoms with van der Waals surface area (Å²) in [5.41, 5.74) is 3.56. The molecule has 27 heavy (non-hydrogen) atoms. The van der Waals surface area contributed by atoms with Gasteiger partial charge in [0.05, 0.1) is 6.54 Å². The highest BCUT2D eigenvalue weighted by atomic mass is 32.2. The summed E-state index contributed by atoms with van der Waals surface area (Å²) in [7, 11) is 1.77. The van der Waals surface area contributed by atoms with Crippen molar-refractivity contribution in [2.24, 2.45) is 4.99 Å². The highest BCUT2D eigenvalue weighted by Gasteiger charge is 2.08. The summed E-state index contributed by atoms with van der Waals surface area (Å²) in [6, 6.07) is 16.5. The van der Waals surface area contributed by atoms with Crippen molar-refractivity contribution < 1.29 is 0 Å². The van der Waals surface area contributed by atoms with Crippen LogP contribution in [0.2, 0.25) is 0 Å². The van der Waals surface area contributed by atoms with Gasteiger partial charge in [-0.1, -0.05) is 30.3 Å². The van der Waals surface area contributed by atoms with Gasteiger partial charge in [0.15, 0.2) is 11.8 Å². The number of aromatic nitrogens is 3. The summed E-state index contributed by atoms with van der Waals surface area (Å²) in [6.45, 7) is 3.35. The second-order valence-corrected chi connectivity index (χ2v) is 6.90. The Bertz CT molecular complexity index is 904. The van der Waals surface area contributed by atoms with E-state index in [0.717, 1.165) is 17.5 Å². The van der Waals surface area contributed by atoms with Crippen molar-refractivity contribution in [2.75, 3.05) is 13.3 Å². The Morgan fingerprint density at radius 1 is 1.11 bits per heavy atom. The van der Waals surface area contributed by atoms with Gasteiger partial charge in [0.25, 0.3) is 0 Å². The van der Waals surface area contributed by atoms with E-state index in [1.54, 1.807) is 25.1 Å². The number of para-hydroxylation sites is 1. The molecule has 2 N–H and O–H groups in total. The molecule has 0 unspecified atom stereocenters. The number of hydrogen-bond donors (Lipinski definition) is 2.